The predicted molar refractivity (Wildman–Crippen MR) is 88.8 cm³/mol. The van der Waals surface area contributed by atoms with E-state index in [1.807, 2.05) is 19.2 Å². The highest BCUT2D eigenvalue weighted by Gasteiger charge is 2.75. The molecule has 0 unspecified atom stereocenters. The molecule has 2 atom stereocenters. The van der Waals surface area contributed by atoms with E-state index in [1.165, 1.54) is 14.2 Å². The second-order valence-electron chi connectivity index (χ2n) is 6.78. The van der Waals surface area contributed by atoms with Gasteiger partial charge in [0.2, 0.25) is 0 Å². The Hall–Kier alpha value is -2.30. The van der Waals surface area contributed by atoms with Crippen molar-refractivity contribution in [1.29, 1.82) is 0 Å². The first-order valence-corrected chi connectivity index (χ1v) is 8.31. The highest BCUT2D eigenvalue weighted by molar-refractivity contribution is 6.11. The van der Waals surface area contributed by atoms with Gasteiger partial charge in [-0.15, -0.1) is 0 Å². The number of hydrogen-bond acceptors (Lipinski definition) is 5. The molecule has 126 valence electrons. The maximum absolute atomic E-state index is 12.6. The SMILES string of the molecule is COC(=O)C1=C(C(=O)OC)[C@@]23CCCC[C@@]12c1ccccc1N3C. The van der Waals surface area contributed by atoms with Gasteiger partial charge in [-0.05, 0) is 24.5 Å². The number of rotatable bonds is 2. The van der Waals surface area contributed by atoms with Crippen molar-refractivity contribution in [3.63, 3.8) is 0 Å². The second kappa shape index (κ2) is 4.85. The number of para-hydroxylation sites is 1. The van der Waals surface area contributed by atoms with Crippen LogP contribution >= 0.6 is 0 Å². The summed E-state index contributed by atoms with van der Waals surface area (Å²) in [6.45, 7) is 0. The fourth-order valence-corrected chi connectivity index (χ4v) is 5.42. The molecule has 1 aromatic rings. The van der Waals surface area contributed by atoms with E-state index in [0.717, 1.165) is 36.9 Å². The minimum atomic E-state index is -0.494. The smallest absolute Gasteiger partial charge is 0.336 e. The molecule has 1 saturated carbocycles. The number of carbonyl (C=O) groups is 2. The van der Waals surface area contributed by atoms with E-state index >= 15 is 0 Å². The lowest BCUT2D eigenvalue weighted by molar-refractivity contribution is -0.143. The average Bonchev–Trinajstić information content (AvgIpc) is 2.80. The summed E-state index contributed by atoms with van der Waals surface area (Å²) >= 11 is 0. The first-order valence-electron chi connectivity index (χ1n) is 8.31. The predicted octanol–water partition coefficient (Wildman–Crippen LogP) is 2.34. The van der Waals surface area contributed by atoms with Crippen LogP contribution in [-0.2, 0) is 24.5 Å². The summed E-state index contributed by atoms with van der Waals surface area (Å²) in [5.74, 6) is -0.842. The van der Waals surface area contributed by atoms with Crippen molar-refractivity contribution in [2.45, 2.75) is 36.6 Å². The van der Waals surface area contributed by atoms with Crippen LogP contribution in [-0.4, -0.2) is 38.7 Å². The highest BCUT2D eigenvalue weighted by Crippen LogP contribution is 2.70. The highest BCUT2D eigenvalue weighted by atomic mass is 16.5. The van der Waals surface area contributed by atoms with Gasteiger partial charge in [-0.2, -0.15) is 0 Å². The monoisotopic (exact) mass is 327 g/mol. The van der Waals surface area contributed by atoms with Crippen molar-refractivity contribution in [1.82, 2.24) is 0 Å². The van der Waals surface area contributed by atoms with Crippen molar-refractivity contribution in [2.75, 3.05) is 26.2 Å². The summed E-state index contributed by atoms with van der Waals surface area (Å²) in [4.78, 5) is 27.4. The van der Waals surface area contributed by atoms with Crippen LogP contribution in [0.15, 0.2) is 35.4 Å². The van der Waals surface area contributed by atoms with Crippen LogP contribution in [0.1, 0.15) is 31.2 Å². The molecular formula is C19H21NO4. The van der Waals surface area contributed by atoms with Crippen molar-refractivity contribution in [2.24, 2.45) is 0 Å². The Kier molecular flexibility index (Phi) is 3.08. The number of anilines is 1. The van der Waals surface area contributed by atoms with E-state index in [-0.39, 0.29) is 0 Å². The summed E-state index contributed by atoms with van der Waals surface area (Å²) in [5.41, 5.74) is 2.22. The molecule has 24 heavy (non-hydrogen) atoms. The zero-order chi connectivity index (χ0) is 17.1. The van der Waals surface area contributed by atoms with Gasteiger partial charge in [0, 0.05) is 12.7 Å². The van der Waals surface area contributed by atoms with Gasteiger partial charge in [-0.1, -0.05) is 31.0 Å². The number of fused-ring (bicyclic) bond motifs is 1. The van der Waals surface area contributed by atoms with Crippen LogP contribution in [0, 0.1) is 0 Å². The number of methoxy groups -OCH3 is 2. The normalized spacial score (nSPS) is 30.0. The van der Waals surface area contributed by atoms with Gasteiger partial charge in [0.25, 0.3) is 0 Å². The molecule has 0 amide bonds. The lowest BCUT2D eigenvalue weighted by Gasteiger charge is -2.61. The summed E-state index contributed by atoms with van der Waals surface area (Å²) < 4.78 is 10.1. The molecule has 5 heteroatoms. The number of benzene rings is 1. The van der Waals surface area contributed by atoms with Crippen molar-refractivity contribution < 1.29 is 19.1 Å². The topological polar surface area (TPSA) is 55.8 Å². The Bertz CT molecular complexity index is 783. The third kappa shape index (κ3) is 1.38. The maximum atomic E-state index is 12.6. The van der Waals surface area contributed by atoms with E-state index < -0.39 is 22.9 Å². The first kappa shape index (κ1) is 15.2. The lowest BCUT2D eigenvalue weighted by atomic mass is 9.45. The van der Waals surface area contributed by atoms with Gasteiger partial charge < -0.3 is 14.4 Å². The minimum Gasteiger partial charge on any atom is -0.466 e. The Morgan fingerprint density at radius 3 is 2.33 bits per heavy atom. The molecule has 3 aliphatic rings. The van der Waals surface area contributed by atoms with Crippen molar-refractivity contribution >= 4 is 17.6 Å². The van der Waals surface area contributed by atoms with E-state index in [9.17, 15) is 9.59 Å². The summed E-state index contributed by atoms with van der Waals surface area (Å²) in [5, 5.41) is 0. The zero-order valence-electron chi connectivity index (χ0n) is 14.2. The molecule has 0 N–H and O–H groups in total. The zero-order valence-corrected chi connectivity index (χ0v) is 14.2. The standard InChI is InChI=1S/C19H21NO4/c1-20-13-9-5-4-8-12(13)18-10-6-7-11-19(18,20)15(17(22)24-3)14(18)16(21)23-2/h4-5,8-9H,6-7,10-11H2,1-3H3/t18-,19+/m1/s1. The molecule has 0 saturated heterocycles. The molecule has 1 aromatic carbocycles. The van der Waals surface area contributed by atoms with Crippen molar-refractivity contribution in [3.8, 4) is 0 Å². The van der Waals surface area contributed by atoms with Gasteiger partial charge in [-0.3, -0.25) is 0 Å². The molecule has 5 nitrogen and oxygen atoms in total. The first-order chi connectivity index (χ1) is 11.6. The third-order valence-electron chi connectivity index (χ3n) is 6.21. The van der Waals surface area contributed by atoms with Crippen LogP contribution in [0.2, 0.25) is 0 Å². The summed E-state index contributed by atoms with van der Waals surface area (Å²) in [6, 6.07) is 8.13. The van der Waals surface area contributed by atoms with Crippen LogP contribution in [0.25, 0.3) is 0 Å². The molecule has 1 heterocycles. The van der Waals surface area contributed by atoms with E-state index in [2.05, 4.69) is 17.0 Å². The largest absolute Gasteiger partial charge is 0.466 e. The van der Waals surface area contributed by atoms with E-state index in [0.29, 0.717) is 11.1 Å². The Morgan fingerprint density at radius 1 is 1.00 bits per heavy atom. The molecule has 1 fully saturated rings. The van der Waals surface area contributed by atoms with E-state index in [4.69, 9.17) is 9.47 Å². The molecule has 1 aliphatic heterocycles. The number of nitrogens with zero attached hydrogens (tertiary/aromatic N) is 1. The Balaban J connectivity index is 2.06. The molecule has 0 bridgehead atoms. The fourth-order valence-electron chi connectivity index (χ4n) is 5.42. The van der Waals surface area contributed by atoms with Gasteiger partial charge >= 0.3 is 11.9 Å². The Morgan fingerprint density at radius 2 is 1.62 bits per heavy atom. The third-order valence-corrected chi connectivity index (χ3v) is 6.21. The molecular weight excluding hydrogens is 306 g/mol. The van der Waals surface area contributed by atoms with Crippen LogP contribution in [0.5, 0.6) is 0 Å². The molecule has 2 aliphatic carbocycles. The van der Waals surface area contributed by atoms with Gasteiger partial charge in [0.1, 0.15) is 0 Å². The van der Waals surface area contributed by atoms with Crippen LogP contribution in [0.4, 0.5) is 5.69 Å². The summed E-state index contributed by atoms with van der Waals surface area (Å²) in [6.07, 6.45) is 3.73. The fraction of sp³-hybridized carbons (Fsp3) is 0.474. The van der Waals surface area contributed by atoms with E-state index in [1.54, 1.807) is 0 Å². The minimum absolute atomic E-state index is 0.418. The second-order valence-corrected chi connectivity index (χ2v) is 6.78. The quantitative estimate of drug-likeness (QED) is 0.781. The number of esters is 2. The maximum Gasteiger partial charge on any atom is 0.336 e. The van der Waals surface area contributed by atoms with Gasteiger partial charge in [0.15, 0.2) is 0 Å². The Labute approximate surface area is 141 Å². The number of likely N-dealkylation sites (N-methyl/N-ethyl adjacent to an activating group) is 1. The average molecular weight is 327 g/mol. The molecule has 0 spiro atoms. The molecule has 0 aromatic heterocycles. The number of ether oxygens (including phenoxy) is 2. The number of carbonyl (C=O) groups excluding carboxylic acids is 2. The number of hydrogen-bond donors (Lipinski definition) is 0. The van der Waals surface area contributed by atoms with Gasteiger partial charge in [0.05, 0.1) is 36.3 Å². The van der Waals surface area contributed by atoms with Crippen LogP contribution in [0.3, 0.4) is 0 Å². The van der Waals surface area contributed by atoms with Crippen LogP contribution < -0.4 is 4.90 Å². The lowest BCUT2D eigenvalue weighted by Crippen LogP contribution is -2.70. The molecule has 0 radical (unpaired) electrons. The van der Waals surface area contributed by atoms with Gasteiger partial charge in [-0.25, -0.2) is 9.59 Å². The molecule has 4 rings (SSSR count). The van der Waals surface area contributed by atoms with Crippen molar-refractivity contribution in [3.05, 3.63) is 41.0 Å². The summed E-state index contributed by atoms with van der Waals surface area (Å²) in [7, 11) is 4.75.